The minimum atomic E-state index is -0.149. The highest BCUT2D eigenvalue weighted by Gasteiger charge is 2.24. The summed E-state index contributed by atoms with van der Waals surface area (Å²) in [7, 11) is 0. The highest BCUT2D eigenvalue weighted by molar-refractivity contribution is 5.91. The van der Waals surface area contributed by atoms with Crippen molar-refractivity contribution in [2.45, 2.75) is 45.4 Å². The van der Waals surface area contributed by atoms with Crippen molar-refractivity contribution < 1.29 is 9.32 Å². The Morgan fingerprint density at radius 1 is 1.48 bits per heavy atom. The number of carbonyl (C=O) groups excluding carboxylic acids is 1. The Balaban J connectivity index is 1.58. The predicted octanol–water partition coefficient (Wildman–Crippen LogP) is 2.79. The average molecular weight is 288 g/mol. The van der Waals surface area contributed by atoms with Crippen LogP contribution in [0.1, 0.15) is 49.3 Å². The molecule has 2 atom stereocenters. The summed E-state index contributed by atoms with van der Waals surface area (Å²) in [5.74, 6) is 2.29. The second-order valence-electron chi connectivity index (χ2n) is 5.98. The summed E-state index contributed by atoms with van der Waals surface area (Å²) in [6, 6.07) is 3.70. The monoisotopic (exact) mass is 288 g/mol. The number of rotatable bonds is 4. The molecule has 0 bridgehead atoms. The molecule has 2 heterocycles. The number of H-pyrrole nitrogens is 1. The van der Waals surface area contributed by atoms with E-state index in [2.05, 4.69) is 27.6 Å². The number of hydrogen-bond donors (Lipinski definition) is 2. The van der Waals surface area contributed by atoms with Crippen molar-refractivity contribution >= 4 is 11.7 Å². The van der Waals surface area contributed by atoms with Gasteiger partial charge in [0.25, 0.3) is 0 Å². The van der Waals surface area contributed by atoms with E-state index in [-0.39, 0.29) is 12.3 Å². The molecule has 6 nitrogen and oxygen atoms in total. The van der Waals surface area contributed by atoms with Crippen LogP contribution in [0.2, 0.25) is 0 Å². The van der Waals surface area contributed by atoms with Crippen LogP contribution >= 0.6 is 0 Å². The van der Waals surface area contributed by atoms with Gasteiger partial charge in [-0.1, -0.05) is 18.5 Å². The van der Waals surface area contributed by atoms with Crippen molar-refractivity contribution in [3.63, 3.8) is 0 Å². The molecule has 21 heavy (non-hydrogen) atoms. The normalized spacial score (nSPS) is 21.6. The maximum absolute atomic E-state index is 11.9. The lowest BCUT2D eigenvalue weighted by molar-refractivity contribution is -0.115. The second kappa shape index (κ2) is 5.71. The number of nitrogens with zero attached hydrogens (tertiary/aromatic N) is 2. The third-order valence-corrected chi connectivity index (χ3v) is 4.01. The number of carbonyl (C=O) groups is 1. The molecule has 1 aliphatic rings. The fourth-order valence-corrected chi connectivity index (χ4v) is 2.94. The highest BCUT2D eigenvalue weighted by Crippen LogP contribution is 2.37. The number of aryl methyl sites for hydroxylation is 1. The van der Waals surface area contributed by atoms with Crippen molar-refractivity contribution in [2.75, 3.05) is 5.32 Å². The summed E-state index contributed by atoms with van der Waals surface area (Å²) in [5.41, 5.74) is 1.89. The summed E-state index contributed by atoms with van der Waals surface area (Å²) in [5, 5.41) is 13.8. The summed E-state index contributed by atoms with van der Waals surface area (Å²) >= 11 is 0. The molecule has 0 radical (unpaired) electrons. The molecule has 2 aromatic rings. The molecule has 2 N–H and O–H groups in total. The van der Waals surface area contributed by atoms with Crippen LogP contribution in [0.25, 0.3) is 0 Å². The van der Waals surface area contributed by atoms with E-state index in [9.17, 15) is 4.79 Å². The van der Waals surface area contributed by atoms with Gasteiger partial charge in [0.2, 0.25) is 5.91 Å². The molecule has 3 rings (SSSR count). The number of amides is 1. The van der Waals surface area contributed by atoms with Crippen LogP contribution in [0.5, 0.6) is 0 Å². The van der Waals surface area contributed by atoms with Crippen LogP contribution in [-0.4, -0.2) is 21.3 Å². The van der Waals surface area contributed by atoms with Crippen molar-refractivity contribution in [2.24, 2.45) is 5.92 Å². The summed E-state index contributed by atoms with van der Waals surface area (Å²) < 4.78 is 5.03. The van der Waals surface area contributed by atoms with Crippen molar-refractivity contribution in [1.82, 2.24) is 15.4 Å². The zero-order valence-corrected chi connectivity index (χ0v) is 12.3. The summed E-state index contributed by atoms with van der Waals surface area (Å²) in [6.07, 6.45) is 3.81. The lowest BCUT2D eigenvalue weighted by atomic mass is 10.0. The Kier molecular flexibility index (Phi) is 3.77. The van der Waals surface area contributed by atoms with Gasteiger partial charge in [-0.15, -0.1) is 0 Å². The summed E-state index contributed by atoms with van der Waals surface area (Å²) in [4.78, 5) is 11.9. The largest absolute Gasteiger partial charge is 0.361 e. The highest BCUT2D eigenvalue weighted by atomic mass is 16.5. The maximum Gasteiger partial charge on any atom is 0.233 e. The summed E-state index contributed by atoms with van der Waals surface area (Å²) in [6.45, 7) is 4.10. The molecule has 1 amide bonds. The van der Waals surface area contributed by atoms with Gasteiger partial charge >= 0.3 is 0 Å². The second-order valence-corrected chi connectivity index (χ2v) is 5.98. The Hall–Kier alpha value is -2.11. The van der Waals surface area contributed by atoms with Crippen LogP contribution in [0.15, 0.2) is 16.7 Å². The lowest BCUT2D eigenvalue weighted by Crippen LogP contribution is -2.14. The first kappa shape index (κ1) is 13.9. The van der Waals surface area contributed by atoms with Gasteiger partial charge in [0.15, 0.2) is 5.82 Å². The Labute approximate surface area is 123 Å². The molecule has 0 aromatic carbocycles. The molecule has 112 valence electrons. The minimum Gasteiger partial charge on any atom is -0.361 e. The van der Waals surface area contributed by atoms with Crippen LogP contribution in [0, 0.1) is 12.8 Å². The van der Waals surface area contributed by atoms with Crippen LogP contribution < -0.4 is 5.32 Å². The van der Waals surface area contributed by atoms with Gasteiger partial charge in [0.1, 0.15) is 5.76 Å². The molecule has 2 aromatic heterocycles. The molecule has 6 heteroatoms. The Morgan fingerprint density at radius 3 is 3.00 bits per heavy atom. The van der Waals surface area contributed by atoms with Crippen LogP contribution in [0.4, 0.5) is 5.82 Å². The minimum absolute atomic E-state index is 0.149. The van der Waals surface area contributed by atoms with E-state index in [1.54, 1.807) is 6.07 Å². The topological polar surface area (TPSA) is 83.8 Å². The standard InChI is InChI=1S/C15H20N4O2/c1-9-3-4-11(5-9)13-8-14(18-17-13)16-15(20)7-12-6-10(2)19-21-12/h6,8-9,11H,3-5,7H2,1-2H3,(H2,16,17,18,20)/t9-,11+/m0/s1. The van der Waals surface area contributed by atoms with E-state index in [4.69, 9.17) is 4.52 Å². The van der Waals surface area contributed by atoms with E-state index in [1.807, 2.05) is 13.0 Å². The van der Waals surface area contributed by atoms with Gasteiger partial charge in [-0.05, 0) is 25.7 Å². The molecular formula is C15H20N4O2. The predicted molar refractivity (Wildman–Crippen MR) is 77.9 cm³/mol. The van der Waals surface area contributed by atoms with Gasteiger partial charge in [0, 0.05) is 23.7 Å². The van der Waals surface area contributed by atoms with E-state index >= 15 is 0 Å². The van der Waals surface area contributed by atoms with E-state index in [0.29, 0.717) is 17.5 Å². The van der Waals surface area contributed by atoms with E-state index in [1.165, 1.54) is 19.3 Å². The zero-order chi connectivity index (χ0) is 14.8. The van der Waals surface area contributed by atoms with E-state index < -0.39 is 0 Å². The fourth-order valence-electron chi connectivity index (χ4n) is 2.94. The van der Waals surface area contributed by atoms with E-state index in [0.717, 1.165) is 17.3 Å². The molecule has 1 aliphatic carbocycles. The molecule has 0 unspecified atom stereocenters. The number of aromatic nitrogens is 3. The SMILES string of the molecule is Cc1cc(CC(=O)Nc2cc([C@@H]3CC[C@H](C)C3)[nH]n2)on1. The van der Waals surface area contributed by atoms with Gasteiger partial charge in [0.05, 0.1) is 12.1 Å². The van der Waals surface area contributed by atoms with Crippen molar-refractivity contribution in [3.8, 4) is 0 Å². The molecule has 1 fully saturated rings. The number of aromatic amines is 1. The van der Waals surface area contributed by atoms with Crippen molar-refractivity contribution in [1.29, 1.82) is 0 Å². The van der Waals surface area contributed by atoms with Crippen molar-refractivity contribution in [3.05, 3.63) is 29.3 Å². The maximum atomic E-state index is 11.9. The molecule has 0 spiro atoms. The third kappa shape index (κ3) is 3.32. The first-order valence-electron chi connectivity index (χ1n) is 7.37. The quantitative estimate of drug-likeness (QED) is 0.906. The molecule has 0 saturated heterocycles. The van der Waals surface area contributed by atoms with Crippen LogP contribution in [-0.2, 0) is 11.2 Å². The molecule has 1 saturated carbocycles. The molecule has 0 aliphatic heterocycles. The fraction of sp³-hybridized carbons (Fsp3) is 0.533. The lowest BCUT2D eigenvalue weighted by Gasteiger charge is -2.04. The zero-order valence-electron chi connectivity index (χ0n) is 12.3. The third-order valence-electron chi connectivity index (χ3n) is 4.01. The number of nitrogens with one attached hydrogen (secondary N) is 2. The average Bonchev–Trinajstić information content (AvgIpc) is 3.12. The number of hydrogen-bond acceptors (Lipinski definition) is 4. The molecular weight excluding hydrogens is 268 g/mol. The smallest absolute Gasteiger partial charge is 0.233 e. The first-order chi connectivity index (χ1) is 10.1. The Morgan fingerprint density at radius 2 is 2.33 bits per heavy atom. The number of anilines is 1. The van der Waals surface area contributed by atoms with Gasteiger partial charge in [-0.3, -0.25) is 9.89 Å². The van der Waals surface area contributed by atoms with Gasteiger partial charge < -0.3 is 9.84 Å². The Bertz CT molecular complexity index is 631. The first-order valence-corrected chi connectivity index (χ1v) is 7.37. The van der Waals surface area contributed by atoms with Gasteiger partial charge in [-0.25, -0.2) is 0 Å². The van der Waals surface area contributed by atoms with Gasteiger partial charge in [-0.2, -0.15) is 5.10 Å². The van der Waals surface area contributed by atoms with Crippen LogP contribution in [0.3, 0.4) is 0 Å².